The number of esters is 1. The van der Waals surface area contributed by atoms with Gasteiger partial charge >= 0.3 is 5.97 Å². The van der Waals surface area contributed by atoms with Crippen molar-refractivity contribution < 1.29 is 9.53 Å². The van der Waals surface area contributed by atoms with Crippen molar-refractivity contribution in [3.8, 4) is 0 Å². The standard InChI is InChI=1S/C14H19NO2S/c1-10-3-4-13(12(9-10)14(16)17-2)15-11-5-7-18-8-6-11/h3-4,9,11,15H,5-8H2,1-2H3. The van der Waals surface area contributed by atoms with Gasteiger partial charge < -0.3 is 10.1 Å². The molecule has 4 heteroatoms. The van der Waals surface area contributed by atoms with E-state index in [0.29, 0.717) is 11.6 Å². The summed E-state index contributed by atoms with van der Waals surface area (Å²) in [5, 5.41) is 3.48. The summed E-state index contributed by atoms with van der Waals surface area (Å²) in [6.07, 6.45) is 2.30. The Morgan fingerprint density at radius 2 is 2.11 bits per heavy atom. The Morgan fingerprint density at radius 3 is 2.78 bits per heavy atom. The average molecular weight is 265 g/mol. The fourth-order valence-corrected chi connectivity index (χ4v) is 3.23. The first-order chi connectivity index (χ1) is 8.70. The normalized spacial score (nSPS) is 16.3. The van der Waals surface area contributed by atoms with Gasteiger partial charge in [-0.05, 0) is 43.4 Å². The van der Waals surface area contributed by atoms with Gasteiger partial charge in [0.05, 0.1) is 12.7 Å². The first-order valence-electron chi connectivity index (χ1n) is 6.24. The fraction of sp³-hybridized carbons (Fsp3) is 0.500. The first kappa shape index (κ1) is 13.3. The molecular weight excluding hydrogens is 246 g/mol. The molecule has 0 bridgehead atoms. The molecule has 1 heterocycles. The molecular formula is C14H19NO2S. The molecule has 0 aliphatic carbocycles. The number of hydrogen-bond donors (Lipinski definition) is 1. The van der Waals surface area contributed by atoms with Crippen molar-refractivity contribution in [2.24, 2.45) is 0 Å². The number of carbonyl (C=O) groups is 1. The van der Waals surface area contributed by atoms with Gasteiger partial charge in [-0.15, -0.1) is 0 Å². The van der Waals surface area contributed by atoms with Crippen LogP contribution in [0.5, 0.6) is 0 Å². The SMILES string of the molecule is COC(=O)c1cc(C)ccc1NC1CCSCC1. The van der Waals surface area contributed by atoms with Crippen molar-refractivity contribution in [3.63, 3.8) is 0 Å². The Labute approximate surface area is 112 Å². The summed E-state index contributed by atoms with van der Waals surface area (Å²) in [6.45, 7) is 1.98. The minimum Gasteiger partial charge on any atom is -0.465 e. The lowest BCUT2D eigenvalue weighted by atomic mass is 10.1. The third-order valence-corrected chi connectivity index (χ3v) is 4.21. The lowest BCUT2D eigenvalue weighted by molar-refractivity contribution is 0.0601. The Bertz CT molecular complexity index is 428. The highest BCUT2D eigenvalue weighted by atomic mass is 32.2. The third-order valence-electron chi connectivity index (χ3n) is 3.16. The summed E-state index contributed by atoms with van der Waals surface area (Å²) >= 11 is 2.00. The van der Waals surface area contributed by atoms with Crippen molar-refractivity contribution in [1.29, 1.82) is 0 Å². The minimum atomic E-state index is -0.272. The van der Waals surface area contributed by atoms with Crippen LogP contribution in [-0.2, 0) is 4.74 Å². The largest absolute Gasteiger partial charge is 0.465 e. The Balaban J connectivity index is 2.17. The van der Waals surface area contributed by atoms with Gasteiger partial charge in [0, 0.05) is 11.7 Å². The van der Waals surface area contributed by atoms with Gasteiger partial charge in [-0.3, -0.25) is 0 Å². The second kappa shape index (κ2) is 6.14. The van der Waals surface area contributed by atoms with Crippen molar-refractivity contribution in [1.82, 2.24) is 0 Å². The molecule has 1 aliphatic heterocycles. The van der Waals surface area contributed by atoms with E-state index in [-0.39, 0.29) is 5.97 Å². The maximum atomic E-state index is 11.8. The summed E-state index contributed by atoms with van der Waals surface area (Å²) in [4.78, 5) is 11.8. The highest BCUT2D eigenvalue weighted by Crippen LogP contribution is 2.24. The Kier molecular flexibility index (Phi) is 4.53. The zero-order valence-electron chi connectivity index (χ0n) is 10.9. The van der Waals surface area contributed by atoms with Crippen molar-refractivity contribution in [2.75, 3.05) is 23.9 Å². The molecule has 0 radical (unpaired) electrons. The number of aryl methyl sites for hydroxylation is 1. The molecule has 0 amide bonds. The third kappa shape index (κ3) is 3.19. The zero-order chi connectivity index (χ0) is 13.0. The maximum absolute atomic E-state index is 11.8. The molecule has 0 unspecified atom stereocenters. The molecule has 98 valence electrons. The monoisotopic (exact) mass is 265 g/mol. The fourth-order valence-electron chi connectivity index (χ4n) is 2.12. The van der Waals surface area contributed by atoms with E-state index in [2.05, 4.69) is 5.32 Å². The molecule has 1 aliphatic rings. The minimum absolute atomic E-state index is 0.272. The van der Waals surface area contributed by atoms with Crippen molar-refractivity contribution in [2.45, 2.75) is 25.8 Å². The van der Waals surface area contributed by atoms with E-state index in [9.17, 15) is 4.79 Å². The molecule has 3 nitrogen and oxygen atoms in total. The first-order valence-corrected chi connectivity index (χ1v) is 7.39. The second-order valence-electron chi connectivity index (χ2n) is 4.57. The number of methoxy groups -OCH3 is 1. The van der Waals surface area contributed by atoms with Gasteiger partial charge in [-0.2, -0.15) is 11.8 Å². The number of hydrogen-bond acceptors (Lipinski definition) is 4. The highest BCUT2D eigenvalue weighted by molar-refractivity contribution is 7.99. The van der Waals surface area contributed by atoms with Crippen LogP contribution in [0.2, 0.25) is 0 Å². The average Bonchev–Trinajstić information content (AvgIpc) is 2.41. The predicted octanol–water partition coefficient (Wildman–Crippen LogP) is 3.09. The molecule has 1 N–H and O–H groups in total. The van der Waals surface area contributed by atoms with E-state index in [0.717, 1.165) is 24.1 Å². The summed E-state index contributed by atoms with van der Waals surface area (Å²) < 4.78 is 4.84. The molecule has 18 heavy (non-hydrogen) atoms. The number of thioether (sulfide) groups is 1. The Hall–Kier alpha value is -1.16. The summed E-state index contributed by atoms with van der Waals surface area (Å²) in [6, 6.07) is 6.35. The smallest absolute Gasteiger partial charge is 0.339 e. The number of nitrogens with one attached hydrogen (secondary N) is 1. The van der Waals surface area contributed by atoms with E-state index in [1.165, 1.54) is 18.6 Å². The molecule has 1 fully saturated rings. The Morgan fingerprint density at radius 1 is 1.39 bits per heavy atom. The van der Waals surface area contributed by atoms with Gasteiger partial charge in [-0.25, -0.2) is 4.79 Å². The number of carbonyl (C=O) groups excluding carboxylic acids is 1. The molecule has 0 spiro atoms. The van der Waals surface area contributed by atoms with E-state index in [4.69, 9.17) is 4.74 Å². The van der Waals surface area contributed by atoms with Crippen LogP contribution in [0.25, 0.3) is 0 Å². The molecule has 2 rings (SSSR count). The number of anilines is 1. The van der Waals surface area contributed by atoms with Gasteiger partial charge in [0.25, 0.3) is 0 Å². The van der Waals surface area contributed by atoms with Crippen LogP contribution in [0.3, 0.4) is 0 Å². The molecule has 0 atom stereocenters. The van der Waals surface area contributed by atoms with E-state index >= 15 is 0 Å². The quantitative estimate of drug-likeness (QED) is 0.852. The molecule has 1 saturated heterocycles. The van der Waals surface area contributed by atoms with Crippen LogP contribution < -0.4 is 5.32 Å². The van der Waals surface area contributed by atoms with Crippen molar-refractivity contribution in [3.05, 3.63) is 29.3 Å². The second-order valence-corrected chi connectivity index (χ2v) is 5.80. The molecule has 1 aromatic rings. The van der Waals surface area contributed by atoms with Gasteiger partial charge in [0.1, 0.15) is 0 Å². The van der Waals surface area contributed by atoms with Crippen LogP contribution >= 0.6 is 11.8 Å². The van der Waals surface area contributed by atoms with Gasteiger partial charge in [-0.1, -0.05) is 11.6 Å². The van der Waals surface area contributed by atoms with Crippen molar-refractivity contribution >= 4 is 23.4 Å². The topological polar surface area (TPSA) is 38.3 Å². The van der Waals surface area contributed by atoms with Crippen LogP contribution in [0.4, 0.5) is 5.69 Å². The lowest BCUT2D eigenvalue weighted by Crippen LogP contribution is -2.25. The van der Waals surface area contributed by atoms with E-state index in [1.807, 2.05) is 36.9 Å². The zero-order valence-corrected chi connectivity index (χ0v) is 11.7. The van der Waals surface area contributed by atoms with Gasteiger partial charge in [0.2, 0.25) is 0 Å². The summed E-state index contributed by atoms with van der Waals surface area (Å²) in [5.41, 5.74) is 2.60. The molecule has 0 aromatic heterocycles. The number of rotatable bonds is 3. The predicted molar refractivity (Wildman–Crippen MR) is 76.5 cm³/mol. The van der Waals surface area contributed by atoms with Crippen LogP contribution in [0.15, 0.2) is 18.2 Å². The van der Waals surface area contributed by atoms with E-state index < -0.39 is 0 Å². The highest BCUT2D eigenvalue weighted by Gasteiger charge is 2.17. The summed E-state index contributed by atoms with van der Waals surface area (Å²) in [7, 11) is 1.42. The summed E-state index contributed by atoms with van der Waals surface area (Å²) in [5.74, 6) is 2.11. The molecule has 0 saturated carbocycles. The maximum Gasteiger partial charge on any atom is 0.339 e. The number of ether oxygens (including phenoxy) is 1. The molecule has 1 aromatic carbocycles. The van der Waals surface area contributed by atoms with Crippen LogP contribution in [0.1, 0.15) is 28.8 Å². The van der Waals surface area contributed by atoms with Gasteiger partial charge in [0.15, 0.2) is 0 Å². The van der Waals surface area contributed by atoms with Crippen LogP contribution in [0, 0.1) is 6.92 Å². The number of benzene rings is 1. The lowest BCUT2D eigenvalue weighted by Gasteiger charge is -2.24. The van der Waals surface area contributed by atoms with E-state index in [1.54, 1.807) is 0 Å². The van der Waals surface area contributed by atoms with Crippen LogP contribution in [-0.4, -0.2) is 30.6 Å².